The van der Waals surface area contributed by atoms with Crippen molar-refractivity contribution in [2.24, 2.45) is 5.92 Å². The lowest BCUT2D eigenvalue weighted by Crippen LogP contribution is -1.91. The number of rotatable bonds is 11. The number of hydrogen-bond donors (Lipinski definition) is 2. The molecule has 116 valence electrons. The number of hydrogen-bond acceptors (Lipinski definition) is 2. The summed E-state index contributed by atoms with van der Waals surface area (Å²) < 4.78 is 0. The van der Waals surface area contributed by atoms with Crippen LogP contribution in [0.3, 0.4) is 0 Å². The third-order valence-corrected chi connectivity index (χ3v) is 3.30. The molecule has 0 saturated heterocycles. The van der Waals surface area contributed by atoms with E-state index in [0.717, 1.165) is 19.3 Å². The molecule has 3 heteroatoms. The second kappa shape index (κ2) is 17.4. The third kappa shape index (κ3) is 26.9. The van der Waals surface area contributed by atoms with Crippen LogP contribution in [0.15, 0.2) is 0 Å². The molecule has 1 atom stereocenters. The summed E-state index contributed by atoms with van der Waals surface area (Å²) in [6.07, 6.45) is 13.3. The van der Waals surface area contributed by atoms with Gasteiger partial charge in [-0.05, 0) is 12.3 Å². The van der Waals surface area contributed by atoms with Crippen molar-refractivity contribution in [2.45, 2.75) is 85.0 Å². The van der Waals surface area contributed by atoms with E-state index in [1.165, 1.54) is 57.8 Å². The maximum Gasteiger partial charge on any atom is 0.300 e. The van der Waals surface area contributed by atoms with Crippen LogP contribution in [0.4, 0.5) is 0 Å². The molecule has 0 bridgehead atoms. The summed E-state index contributed by atoms with van der Waals surface area (Å²) in [5, 5.41) is 16.0. The third-order valence-electron chi connectivity index (χ3n) is 3.30. The first kappa shape index (κ1) is 20.7. The van der Waals surface area contributed by atoms with E-state index in [4.69, 9.17) is 15.0 Å². The number of unbranched alkanes of at least 4 members (excludes halogenated alkanes) is 7. The highest BCUT2D eigenvalue weighted by atomic mass is 16.4. The van der Waals surface area contributed by atoms with Gasteiger partial charge in [-0.25, -0.2) is 0 Å². The van der Waals surface area contributed by atoms with Crippen LogP contribution in [-0.2, 0) is 4.79 Å². The minimum atomic E-state index is -0.833. The predicted octanol–water partition coefficient (Wildman–Crippen LogP) is 4.63. The molecule has 0 amide bonds. The molecule has 0 aliphatic carbocycles. The van der Waals surface area contributed by atoms with Crippen molar-refractivity contribution in [1.82, 2.24) is 0 Å². The summed E-state index contributed by atoms with van der Waals surface area (Å²) in [4.78, 5) is 9.00. The number of aliphatic carboxylic acids is 1. The molecule has 19 heavy (non-hydrogen) atoms. The Morgan fingerprint density at radius 3 is 1.68 bits per heavy atom. The fourth-order valence-electron chi connectivity index (χ4n) is 1.87. The second-order valence-corrected chi connectivity index (χ2v) is 5.37. The van der Waals surface area contributed by atoms with Crippen molar-refractivity contribution in [1.29, 1.82) is 0 Å². The Bertz CT molecular complexity index is 177. The first-order valence-electron chi connectivity index (χ1n) is 7.84. The lowest BCUT2D eigenvalue weighted by molar-refractivity contribution is -0.134. The van der Waals surface area contributed by atoms with E-state index < -0.39 is 5.97 Å². The van der Waals surface area contributed by atoms with Gasteiger partial charge in [-0.1, -0.05) is 71.6 Å². The van der Waals surface area contributed by atoms with Gasteiger partial charge in [-0.15, -0.1) is 0 Å². The molecule has 0 spiro atoms. The Morgan fingerprint density at radius 2 is 1.32 bits per heavy atom. The number of aliphatic hydroxyl groups excluding tert-OH is 1. The zero-order valence-corrected chi connectivity index (χ0v) is 13.2. The normalized spacial score (nSPS) is 11.6. The Morgan fingerprint density at radius 1 is 0.947 bits per heavy atom. The number of carboxylic acid groups (broad SMARTS) is 1. The van der Waals surface area contributed by atoms with Crippen LogP contribution in [0.2, 0.25) is 0 Å². The maximum atomic E-state index is 9.00. The second-order valence-electron chi connectivity index (χ2n) is 5.37. The zero-order chi connectivity index (χ0) is 14.9. The van der Waals surface area contributed by atoms with Gasteiger partial charge in [0.25, 0.3) is 5.97 Å². The highest BCUT2D eigenvalue weighted by molar-refractivity contribution is 5.62. The average molecular weight is 274 g/mol. The summed E-state index contributed by atoms with van der Waals surface area (Å²) in [6, 6.07) is 0. The van der Waals surface area contributed by atoms with Crippen LogP contribution < -0.4 is 0 Å². The largest absolute Gasteiger partial charge is 0.481 e. The maximum absolute atomic E-state index is 9.00. The van der Waals surface area contributed by atoms with E-state index >= 15 is 0 Å². The Balaban J connectivity index is 0. The molecular weight excluding hydrogens is 240 g/mol. The molecule has 0 aromatic heterocycles. The highest BCUT2D eigenvalue weighted by Gasteiger charge is 1.97. The molecule has 1 unspecified atom stereocenters. The van der Waals surface area contributed by atoms with Crippen molar-refractivity contribution in [2.75, 3.05) is 6.61 Å². The molecule has 0 radical (unpaired) electrons. The van der Waals surface area contributed by atoms with Crippen molar-refractivity contribution in [3.05, 3.63) is 0 Å². The lowest BCUT2D eigenvalue weighted by atomic mass is 10.00. The quantitative estimate of drug-likeness (QED) is 0.540. The smallest absolute Gasteiger partial charge is 0.300 e. The highest BCUT2D eigenvalue weighted by Crippen LogP contribution is 2.14. The molecule has 2 N–H and O–H groups in total. The number of carbonyl (C=O) groups is 1. The van der Waals surface area contributed by atoms with Gasteiger partial charge in [0.05, 0.1) is 0 Å². The van der Waals surface area contributed by atoms with Gasteiger partial charge in [0.15, 0.2) is 0 Å². The summed E-state index contributed by atoms with van der Waals surface area (Å²) in [6.45, 7) is 6.09. The topological polar surface area (TPSA) is 57.5 Å². The SMILES string of the molecule is CC(=O)O.CCC(C)CCCCCCCCCCO. The first-order chi connectivity index (χ1) is 9.04. The molecule has 0 aliphatic rings. The zero-order valence-electron chi connectivity index (χ0n) is 13.2. The predicted molar refractivity (Wildman–Crippen MR) is 81.4 cm³/mol. The van der Waals surface area contributed by atoms with Gasteiger partial charge in [0, 0.05) is 13.5 Å². The fraction of sp³-hybridized carbons (Fsp3) is 0.938. The Hall–Kier alpha value is -0.570. The summed E-state index contributed by atoms with van der Waals surface area (Å²) >= 11 is 0. The Labute approximate surface area is 119 Å². The molecule has 3 nitrogen and oxygen atoms in total. The van der Waals surface area contributed by atoms with E-state index in [-0.39, 0.29) is 0 Å². The van der Waals surface area contributed by atoms with Gasteiger partial charge in [0.2, 0.25) is 0 Å². The molecule has 0 aromatic rings. The van der Waals surface area contributed by atoms with Crippen LogP contribution in [0.5, 0.6) is 0 Å². The average Bonchev–Trinajstić information content (AvgIpc) is 2.36. The van der Waals surface area contributed by atoms with E-state index in [1.807, 2.05) is 0 Å². The fourth-order valence-corrected chi connectivity index (χ4v) is 1.87. The monoisotopic (exact) mass is 274 g/mol. The lowest BCUT2D eigenvalue weighted by Gasteiger charge is -2.07. The summed E-state index contributed by atoms with van der Waals surface area (Å²) in [5.74, 6) is 0.0922. The molecule has 0 aromatic carbocycles. The number of aliphatic hydroxyl groups is 1. The van der Waals surface area contributed by atoms with Gasteiger partial charge >= 0.3 is 0 Å². The standard InChI is InChI=1S/C14H30O.C2H4O2/c1-3-14(2)12-10-8-6-4-5-7-9-11-13-15;1-2(3)4/h14-15H,3-13H2,1-2H3;1H3,(H,3,4). The van der Waals surface area contributed by atoms with Gasteiger partial charge in [0.1, 0.15) is 0 Å². The van der Waals surface area contributed by atoms with Crippen LogP contribution in [0.1, 0.15) is 85.0 Å². The number of carboxylic acids is 1. The van der Waals surface area contributed by atoms with Crippen molar-refractivity contribution in [3.63, 3.8) is 0 Å². The summed E-state index contributed by atoms with van der Waals surface area (Å²) in [7, 11) is 0. The molecule has 0 rings (SSSR count). The van der Waals surface area contributed by atoms with E-state index in [2.05, 4.69) is 13.8 Å². The van der Waals surface area contributed by atoms with Gasteiger partial charge < -0.3 is 10.2 Å². The van der Waals surface area contributed by atoms with Crippen molar-refractivity contribution in [3.8, 4) is 0 Å². The van der Waals surface area contributed by atoms with Crippen LogP contribution in [0, 0.1) is 5.92 Å². The van der Waals surface area contributed by atoms with E-state index in [9.17, 15) is 0 Å². The van der Waals surface area contributed by atoms with Gasteiger partial charge in [-0.2, -0.15) is 0 Å². The molecular formula is C16H34O3. The molecule has 0 aliphatic heterocycles. The van der Waals surface area contributed by atoms with E-state index in [1.54, 1.807) is 0 Å². The summed E-state index contributed by atoms with van der Waals surface area (Å²) in [5.41, 5.74) is 0. The molecule has 0 fully saturated rings. The van der Waals surface area contributed by atoms with Crippen molar-refractivity contribution >= 4 is 5.97 Å². The van der Waals surface area contributed by atoms with E-state index in [0.29, 0.717) is 6.61 Å². The first-order valence-corrected chi connectivity index (χ1v) is 7.84. The van der Waals surface area contributed by atoms with Crippen LogP contribution in [0.25, 0.3) is 0 Å². The minimum Gasteiger partial charge on any atom is -0.481 e. The van der Waals surface area contributed by atoms with Crippen molar-refractivity contribution < 1.29 is 15.0 Å². The Kier molecular flexibility index (Phi) is 19.0. The molecule has 0 saturated carbocycles. The van der Waals surface area contributed by atoms with Gasteiger partial charge in [-0.3, -0.25) is 4.79 Å². The molecule has 0 heterocycles. The van der Waals surface area contributed by atoms with Crippen LogP contribution in [-0.4, -0.2) is 22.8 Å². The van der Waals surface area contributed by atoms with Crippen LogP contribution >= 0.6 is 0 Å². The minimum absolute atomic E-state index is 0.370.